The van der Waals surface area contributed by atoms with E-state index in [1.165, 1.54) is 0 Å². The Balaban J connectivity index is 2.27. The van der Waals surface area contributed by atoms with E-state index in [0.29, 0.717) is 6.61 Å². The molecule has 1 aliphatic rings. The second kappa shape index (κ2) is 5.32. The van der Waals surface area contributed by atoms with Crippen molar-refractivity contribution in [2.45, 2.75) is 51.4 Å². The minimum atomic E-state index is -0.723. The molecule has 3 unspecified atom stereocenters. The monoisotopic (exact) mass is 202 g/mol. The van der Waals surface area contributed by atoms with Crippen LogP contribution in [-0.4, -0.2) is 36.0 Å². The van der Waals surface area contributed by atoms with E-state index < -0.39 is 6.10 Å². The molecule has 82 valence electrons. The first kappa shape index (κ1) is 11.5. The Labute approximate surface area is 84.2 Å². The van der Waals surface area contributed by atoms with Crippen LogP contribution >= 0.6 is 0 Å². The lowest BCUT2D eigenvalue weighted by Crippen LogP contribution is -2.29. The van der Waals surface area contributed by atoms with Crippen LogP contribution in [0, 0.1) is 0 Å². The Morgan fingerprint density at radius 2 is 2.36 bits per heavy atom. The third-order valence-corrected chi connectivity index (χ3v) is 2.38. The molecule has 0 aromatic carbocycles. The van der Waals surface area contributed by atoms with Gasteiger partial charge >= 0.3 is 5.97 Å². The van der Waals surface area contributed by atoms with Gasteiger partial charge in [-0.2, -0.15) is 0 Å². The standard InChI is InChI=1S/C10H18O4/c1-3-13-10(12)6-8(11)9-5-4-7(2)14-9/h7-9,11H,3-6H2,1-2H3. The van der Waals surface area contributed by atoms with Gasteiger partial charge < -0.3 is 14.6 Å². The van der Waals surface area contributed by atoms with Gasteiger partial charge in [-0.15, -0.1) is 0 Å². The van der Waals surface area contributed by atoms with Crippen LogP contribution in [-0.2, 0) is 14.3 Å². The minimum Gasteiger partial charge on any atom is -0.466 e. The third-order valence-electron chi connectivity index (χ3n) is 2.38. The molecule has 0 aliphatic carbocycles. The molecule has 1 saturated heterocycles. The van der Waals surface area contributed by atoms with Crippen molar-refractivity contribution in [3.05, 3.63) is 0 Å². The summed E-state index contributed by atoms with van der Waals surface area (Å²) in [5.74, 6) is -0.358. The zero-order valence-electron chi connectivity index (χ0n) is 8.73. The van der Waals surface area contributed by atoms with Gasteiger partial charge in [0.1, 0.15) is 0 Å². The normalized spacial score (nSPS) is 28.8. The van der Waals surface area contributed by atoms with Crippen molar-refractivity contribution in [2.24, 2.45) is 0 Å². The number of aliphatic hydroxyl groups excluding tert-OH is 1. The molecule has 0 aromatic heterocycles. The molecule has 14 heavy (non-hydrogen) atoms. The van der Waals surface area contributed by atoms with Gasteiger partial charge in [0.2, 0.25) is 0 Å². The second-order valence-electron chi connectivity index (χ2n) is 3.64. The summed E-state index contributed by atoms with van der Waals surface area (Å²) in [5.41, 5.74) is 0. The van der Waals surface area contributed by atoms with Gasteiger partial charge in [-0.25, -0.2) is 0 Å². The number of ether oxygens (including phenoxy) is 2. The first-order chi connectivity index (χ1) is 6.63. The summed E-state index contributed by atoms with van der Waals surface area (Å²) in [7, 11) is 0. The maximum atomic E-state index is 11.1. The highest BCUT2D eigenvalue weighted by Gasteiger charge is 2.29. The van der Waals surface area contributed by atoms with E-state index in [2.05, 4.69) is 0 Å². The smallest absolute Gasteiger partial charge is 0.308 e. The molecule has 1 fully saturated rings. The lowest BCUT2D eigenvalue weighted by molar-refractivity contribution is -0.147. The predicted octanol–water partition coefficient (Wildman–Crippen LogP) is 0.868. The van der Waals surface area contributed by atoms with Crippen molar-refractivity contribution < 1.29 is 19.4 Å². The van der Waals surface area contributed by atoms with E-state index in [9.17, 15) is 9.90 Å². The molecule has 0 radical (unpaired) electrons. The number of hydrogen-bond donors (Lipinski definition) is 1. The van der Waals surface area contributed by atoms with E-state index in [-0.39, 0.29) is 24.6 Å². The van der Waals surface area contributed by atoms with E-state index in [4.69, 9.17) is 9.47 Å². The molecule has 1 heterocycles. The molecule has 4 heteroatoms. The van der Waals surface area contributed by atoms with Crippen molar-refractivity contribution >= 4 is 5.97 Å². The fourth-order valence-corrected chi connectivity index (χ4v) is 1.64. The summed E-state index contributed by atoms with van der Waals surface area (Å²) >= 11 is 0. The number of rotatable bonds is 4. The third kappa shape index (κ3) is 3.27. The topological polar surface area (TPSA) is 55.8 Å². The quantitative estimate of drug-likeness (QED) is 0.687. The molecule has 0 spiro atoms. The van der Waals surface area contributed by atoms with Crippen molar-refractivity contribution in [1.82, 2.24) is 0 Å². The van der Waals surface area contributed by atoms with Gasteiger partial charge in [0.25, 0.3) is 0 Å². The van der Waals surface area contributed by atoms with E-state index in [0.717, 1.165) is 12.8 Å². The Hall–Kier alpha value is -0.610. The number of hydrogen-bond acceptors (Lipinski definition) is 4. The fourth-order valence-electron chi connectivity index (χ4n) is 1.64. The predicted molar refractivity (Wildman–Crippen MR) is 50.8 cm³/mol. The molecule has 1 aliphatic heterocycles. The van der Waals surface area contributed by atoms with Gasteiger partial charge in [-0.3, -0.25) is 4.79 Å². The number of aliphatic hydroxyl groups is 1. The zero-order valence-corrected chi connectivity index (χ0v) is 8.73. The molecular formula is C10H18O4. The molecule has 1 rings (SSSR count). The highest BCUT2D eigenvalue weighted by atomic mass is 16.5. The Morgan fingerprint density at radius 1 is 1.64 bits per heavy atom. The summed E-state index contributed by atoms with van der Waals surface area (Å²) in [6.45, 7) is 4.07. The largest absolute Gasteiger partial charge is 0.466 e. The lowest BCUT2D eigenvalue weighted by atomic mass is 10.1. The van der Waals surface area contributed by atoms with Crippen LogP contribution in [0.25, 0.3) is 0 Å². The van der Waals surface area contributed by atoms with Crippen LogP contribution in [0.15, 0.2) is 0 Å². The van der Waals surface area contributed by atoms with Crippen LogP contribution in [0.5, 0.6) is 0 Å². The summed E-state index contributed by atoms with van der Waals surface area (Å²) in [6.07, 6.45) is 1.07. The highest BCUT2D eigenvalue weighted by Crippen LogP contribution is 2.23. The van der Waals surface area contributed by atoms with Gasteiger partial charge in [0, 0.05) is 0 Å². The minimum absolute atomic E-state index is 0.0330. The summed E-state index contributed by atoms with van der Waals surface area (Å²) in [4.78, 5) is 11.1. The molecule has 4 nitrogen and oxygen atoms in total. The number of carbonyl (C=O) groups excluding carboxylic acids is 1. The van der Waals surface area contributed by atoms with Gasteiger partial charge in [-0.05, 0) is 26.7 Å². The number of esters is 1. The fraction of sp³-hybridized carbons (Fsp3) is 0.900. The molecule has 0 bridgehead atoms. The van der Waals surface area contributed by atoms with Crippen LogP contribution in [0.2, 0.25) is 0 Å². The first-order valence-electron chi connectivity index (χ1n) is 5.12. The van der Waals surface area contributed by atoms with Crippen molar-refractivity contribution in [3.8, 4) is 0 Å². The lowest BCUT2D eigenvalue weighted by Gasteiger charge is -2.17. The van der Waals surface area contributed by atoms with Crippen LogP contribution < -0.4 is 0 Å². The molecule has 0 aromatic rings. The van der Waals surface area contributed by atoms with E-state index in [1.54, 1.807) is 6.92 Å². The molecule has 0 amide bonds. The van der Waals surface area contributed by atoms with Gasteiger partial charge in [-0.1, -0.05) is 0 Å². The maximum Gasteiger partial charge on any atom is 0.308 e. The molecule has 0 saturated carbocycles. The Kier molecular flexibility index (Phi) is 4.35. The summed E-state index contributed by atoms with van der Waals surface area (Å²) in [6, 6.07) is 0. The van der Waals surface area contributed by atoms with E-state index in [1.807, 2.05) is 6.92 Å². The SMILES string of the molecule is CCOC(=O)CC(O)C1CCC(C)O1. The summed E-state index contributed by atoms with van der Waals surface area (Å²) < 4.78 is 10.2. The molecule has 1 N–H and O–H groups in total. The Bertz CT molecular complexity index is 193. The highest BCUT2D eigenvalue weighted by molar-refractivity contribution is 5.69. The van der Waals surface area contributed by atoms with Crippen LogP contribution in [0.4, 0.5) is 0 Å². The first-order valence-corrected chi connectivity index (χ1v) is 5.12. The average molecular weight is 202 g/mol. The average Bonchev–Trinajstić information content (AvgIpc) is 2.52. The van der Waals surface area contributed by atoms with E-state index >= 15 is 0 Å². The van der Waals surface area contributed by atoms with Gasteiger partial charge in [0.05, 0.1) is 31.3 Å². The number of carbonyl (C=O) groups is 1. The summed E-state index contributed by atoms with van der Waals surface area (Å²) in [5, 5.41) is 9.64. The van der Waals surface area contributed by atoms with Crippen molar-refractivity contribution in [3.63, 3.8) is 0 Å². The van der Waals surface area contributed by atoms with Crippen molar-refractivity contribution in [2.75, 3.05) is 6.61 Å². The van der Waals surface area contributed by atoms with Gasteiger partial charge in [0.15, 0.2) is 0 Å². The van der Waals surface area contributed by atoms with Crippen molar-refractivity contribution in [1.29, 1.82) is 0 Å². The second-order valence-corrected chi connectivity index (χ2v) is 3.64. The molecular weight excluding hydrogens is 184 g/mol. The van der Waals surface area contributed by atoms with Crippen LogP contribution in [0.1, 0.15) is 33.1 Å². The zero-order chi connectivity index (χ0) is 10.6. The maximum absolute atomic E-state index is 11.1. The molecule has 3 atom stereocenters. The van der Waals surface area contributed by atoms with Crippen LogP contribution in [0.3, 0.4) is 0 Å². The Morgan fingerprint density at radius 3 is 2.86 bits per heavy atom.